The van der Waals surface area contributed by atoms with Gasteiger partial charge in [-0.2, -0.15) is 5.10 Å². The summed E-state index contributed by atoms with van der Waals surface area (Å²) in [7, 11) is 1.57. The molecular weight excluding hydrogens is 437 g/mol. The summed E-state index contributed by atoms with van der Waals surface area (Å²) in [6, 6.07) is 7.48. The van der Waals surface area contributed by atoms with Gasteiger partial charge in [0.1, 0.15) is 17.1 Å². The molecule has 1 fully saturated rings. The standard InChI is InChI=1S/C25H32FN5O3/c1-25(24(34)27-15-17-10-12-18(26)13-11-17)16-31-21(23(33)30(25)2)14-20(29-31)22(32)28-19-8-6-4-3-5-7-9-19/h10-14,19H,3-9,15-16H2,1-2H3,(H,27,34)(H,28,32)/t25-/m1/s1. The van der Waals surface area contributed by atoms with Crippen molar-refractivity contribution in [3.05, 3.63) is 53.1 Å². The number of nitrogens with one attached hydrogen (secondary N) is 2. The van der Waals surface area contributed by atoms with Gasteiger partial charge in [0.25, 0.3) is 11.8 Å². The van der Waals surface area contributed by atoms with E-state index in [1.807, 2.05) is 0 Å². The van der Waals surface area contributed by atoms with Gasteiger partial charge in [-0.1, -0.05) is 44.2 Å². The zero-order valence-corrected chi connectivity index (χ0v) is 19.8. The first kappa shape index (κ1) is 23.9. The van der Waals surface area contributed by atoms with Gasteiger partial charge in [-0.15, -0.1) is 0 Å². The highest BCUT2D eigenvalue weighted by Gasteiger charge is 2.46. The minimum atomic E-state index is -1.19. The van der Waals surface area contributed by atoms with Gasteiger partial charge < -0.3 is 15.5 Å². The van der Waals surface area contributed by atoms with E-state index in [4.69, 9.17) is 0 Å². The number of aromatic nitrogens is 2. The first-order valence-corrected chi connectivity index (χ1v) is 12.0. The van der Waals surface area contributed by atoms with Crippen molar-refractivity contribution in [1.29, 1.82) is 0 Å². The van der Waals surface area contributed by atoms with Crippen LogP contribution >= 0.6 is 0 Å². The van der Waals surface area contributed by atoms with Crippen LogP contribution in [0.25, 0.3) is 0 Å². The van der Waals surface area contributed by atoms with E-state index in [-0.39, 0.29) is 54.1 Å². The number of rotatable bonds is 5. The van der Waals surface area contributed by atoms with Gasteiger partial charge in [-0.25, -0.2) is 4.39 Å². The zero-order valence-electron chi connectivity index (χ0n) is 19.8. The summed E-state index contributed by atoms with van der Waals surface area (Å²) >= 11 is 0. The van der Waals surface area contributed by atoms with Crippen molar-refractivity contribution in [2.45, 2.75) is 76.5 Å². The van der Waals surface area contributed by atoms with Gasteiger partial charge >= 0.3 is 0 Å². The second-order valence-electron chi connectivity index (χ2n) is 9.54. The maximum atomic E-state index is 13.1. The molecule has 1 aliphatic heterocycles. The fraction of sp³-hybridized carbons (Fsp3) is 0.520. The van der Waals surface area contributed by atoms with Gasteiger partial charge in [0.15, 0.2) is 5.69 Å². The van der Waals surface area contributed by atoms with Gasteiger partial charge in [-0.05, 0) is 37.5 Å². The second kappa shape index (κ2) is 9.95. The molecule has 3 amide bonds. The SMILES string of the molecule is CN1C(=O)c2cc(C(=O)NC3CCCCCCC3)nn2C[C@]1(C)C(=O)NCc1ccc(F)cc1. The fourth-order valence-electron chi connectivity index (χ4n) is 4.67. The highest BCUT2D eigenvalue weighted by atomic mass is 19.1. The number of carbonyl (C=O) groups excluding carboxylic acids is 3. The van der Waals surface area contributed by atoms with E-state index in [9.17, 15) is 18.8 Å². The van der Waals surface area contributed by atoms with Crippen LogP contribution in [0.3, 0.4) is 0 Å². The largest absolute Gasteiger partial charge is 0.350 e. The molecule has 1 aromatic heterocycles. The van der Waals surface area contributed by atoms with Crippen LogP contribution in [0.4, 0.5) is 4.39 Å². The lowest BCUT2D eigenvalue weighted by atomic mass is 9.95. The van der Waals surface area contributed by atoms with Crippen LogP contribution in [-0.4, -0.2) is 51.0 Å². The number of amides is 3. The van der Waals surface area contributed by atoms with Gasteiger partial charge in [0.2, 0.25) is 5.91 Å². The summed E-state index contributed by atoms with van der Waals surface area (Å²) in [4.78, 5) is 40.4. The quantitative estimate of drug-likeness (QED) is 0.704. The Kier molecular flexibility index (Phi) is 7.00. The Morgan fingerprint density at radius 3 is 2.44 bits per heavy atom. The Morgan fingerprint density at radius 1 is 1.12 bits per heavy atom. The van der Waals surface area contributed by atoms with Crippen molar-refractivity contribution in [1.82, 2.24) is 25.3 Å². The molecule has 1 aliphatic carbocycles. The van der Waals surface area contributed by atoms with Gasteiger partial charge in [-0.3, -0.25) is 19.1 Å². The van der Waals surface area contributed by atoms with Gasteiger partial charge in [0.05, 0.1) is 6.54 Å². The van der Waals surface area contributed by atoms with Crippen LogP contribution in [0.15, 0.2) is 30.3 Å². The van der Waals surface area contributed by atoms with E-state index in [1.165, 1.54) is 47.0 Å². The summed E-state index contributed by atoms with van der Waals surface area (Å²) in [5, 5.41) is 10.3. The van der Waals surface area contributed by atoms with E-state index < -0.39 is 5.54 Å². The molecule has 2 heterocycles. The number of carbonyl (C=O) groups is 3. The van der Waals surface area contributed by atoms with Crippen LogP contribution < -0.4 is 10.6 Å². The predicted octanol–water partition coefficient (Wildman–Crippen LogP) is 3.03. The van der Waals surface area contributed by atoms with Crippen LogP contribution in [0, 0.1) is 5.82 Å². The maximum absolute atomic E-state index is 13.1. The van der Waals surface area contributed by atoms with Crippen molar-refractivity contribution >= 4 is 17.7 Å². The minimum Gasteiger partial charge on any atom is -0.350 e. The summed E-state index contributed by atoms with van der Waals surface area (Å²) < 4.78 is 14.6. The van der Waals surface area contributed by atoms with Crippen molar-refractivity contribution < 1.29 is 18.8 Å². The van der Waals surface area contributed by atoms with Crippen LogP contribution in [0.2, 0.25) is 0 Å². The summed E-state index contributed by atoms with van der Waals surface area (Å²) in [6.07, 6.45) is 7.72. The lowest BCUT2D eigenvalue weighted by Crippen LogP contribution is -2.62. The summed E-state index contributed by atoms with van der Waals surface area (Å²) in [5.41, 5.74) is 0.0312. The number of fused-ring (bicyclic) bond motifs is 1. The molecule has 4 rings (SSSR count). The van der Waals surface area contributed by atoms with E-state index in [1.54, 1.807) is 26.1 Å². The lowest BCUT2D eigenvalue weighted by Gasteiger charge is -2.40. The first-order chi connectivity index (χ1) is 16.3. The van der Waals surface area contributed by atoms with Crippen LogP contribution in [-0.2, 0) is 17.9 Å². The molecule has 182 valence electrons. The number of hydrogen-bond donors (Lipinski definition) is 2. The Labute approximate surface area is 198 Å². The number of benzene rings is 1. The molecule has 1 atom stereocenters. The molecule has 1 saturated carbocycles. The highest BCUT2D eigenvalue weighted by Crippen LogP contribution is 2.26. The number of hydrogen-bond acceptors (Lipinski definition) is 4. The third-order valence-electron chi connectivity index (χ3n) is 7.03. The average Bonchev–Trinajstić information content (AvgIpc) is 3.22. The molecule has 0 saturated heterocycles. The van der Waals surface area contributed by atoms with Crippen LogP contribution in [0.1, 0.15) is 78.4 Å². The van der Waals surface area contributed by atoms with E-state index in [0.717, 1.165) is 31.2 Å². The monoisotopic (exact) mass is 469 g/mol. The Balaban J connectivity index is 1.45. The fourth-order valence-corrected chi connectivity index (χ4v) is 4.67. The normalized spacial score (nSPS) is 21.4. The molecular formula is C25H32FN5O3. The maximum Gasteiger partial charge on any atom is 0.272 e. The first-order valence-electron chi connectivity index (χ1n) is 12.0. The smallest absolute Gasteiger partial charge is 0.272 e. The van der Waals surface area contributed by atoms with Crippen molar-refractivity contribution in [2.75, 3.05) is 7.05 Å². The third kappa shape index (κ3) is 4.98. The molecule has 2 aromatic rings. The molecule has 0 radical (unpaired) electrons. The summed E-state index contributed by atoms with van der Waals surface area (Å²) in [6.45, 7) is 2.00. The zero-order chi connectivity index (χ0) is 24.3. The van der Waals surface area contributed by atoms with Crippen LogP contribution in [0.5, 0.6) is 0 Å². The van der Waals surface area contributed by atoms with E-state index in [0.29, 0.717) is 0 Å². The van der Waals surface area contributed by atoms with Crippen molar-refractivity contribution in [3.63, 3.8) is 0 Å². The minimum absolute atomic E-state index is 0.118. The molecule has 2 aliphatic rings. The Bertz CT molecular complexity index is 1060. The molecule has 0 unspecified atom stereocenters. The van der Waals surface area contributed by atoms with Crippen molar-refractivity contribution in [3.8, 4) is 0 Å². The number of nitrogens with zero attached hydrogens (tertiary/aromatic N) is 3. The molecule has 1 aromatic carbocycles. The summed E-state index contributed by atoms with van der Waals surface area (Å²) in [5.74, 6) is -1.36. The molecule has 9 heteroatoms. The van der Waals surface area contributed by atoms with E-state index >= 15 is 0 Å². The second-order valence-corrected chi connectivity index (χ2v) is 9.54. The molecule has 0 bridgehead atoms. The third-order valence-corrected chi connectivity index (χ3v) is 7.03. The molecule has 2 N–H and O–H groups in total. The number of likely N-dealkylation sites (N-methyl/N-ethyl adjacent to an activating group) is 1. The topological polar surface area (TPSA) is 96.3 Å². The Morgan fingerprint density at radius 2 is 1.76 bits per heavy atom. The average molecular weight is 470 g/mol. The predicted molar refractivity (Wildman–Crippen MR) is 125 cm³/mol. The Hall–Kier alpha value is -3.23. The molecule has 34 heavy (non-hydrogen) atoms. The van der Waals surface area contributed by atoms with E-state index in [2.05, 4.69) is 15.7 Å². The molecule has 8 nitrogen and oxygen atoms in total. The van der Waals surface area contributed by atoms with Gasteiger partial charge in [0, 0.05) is 25.7 Å². The van der Waals surface area contributed by atoms with Crippen molar-refractivity contribution in [2.24, 2.45) is 0 Å². The number of halogens is 1. The molecule has 0 spiro atoms. The highest BCUT2D eigenvalue weighted by molar-refractivity contribution is 6.01. The lowest BCUT2D eigenvalue weighted by molar-refractivity contribution is -0.132.